The Kier molecular flexibility index (Phi) is 4.61. The van der Waals surface area contributed by atoms with Crippen LogP contribution in [0.2, 0.25) is 5.02 Å². The molecule has 0 aromatic carbocycles. The average Bonchev–Trinajstić information content (AvgIpc) is 3.15. The van der Waals surface area contributed by atoms with Gasteiger partial charge in [-0.3, -0.25) is 14.5 Å². The van der Waals surface area contributed by atoms with E-state index in [0.717, 1.165) is 5.56 Å². The molecule has 0 radical (unpaired) electrons. The van der Waals surface area contributed by atoms with Gasteiger partial charge in [-0.2, -0.15) is 5.10 Å². The van der Waals surface area contributed by atoms with Crippen molar-refractivity contribution in [1.82, 2.24) is 24.8 Å². The molecule has 0 aliphatic rings. The summed E-state index contributed by atoms with van der Waals surface area (Å²) in [5, 5.41) is 8.75. The van der Waals surface area contributed by atoms with Crippen LogP contribution in [0.4, 0.5) is 0 Å². The molecule has 1 amide bonds. The lowest BCUT2D eigenvalue weighted by atomic mass is 10.2. The zero-order chi connectivity index (χ0) is 17.1. The van der Waals surface area contributed by atoms with E-state index in [2.05, 4.69) is 15.2 Å². The summed E-state index contributed by atoms with van der Waals surface area (Å²) in [4.78, 5) is 17.8. The summed E-state index contributed by atoms with van der Waals surface area (Å²) in [7, 11) is 1.70. The second kappa shape index (κ2) is 6.84. The fraction of sp³-hybridized carbons (Fsp3) is 0.250. The van der Waals surface area contributed by atoms with Gasteiger partial charge in [-0.05, 0) is 19.1 Å². The van der Waals surface area contributed by atoms with Gasteiger partial charge in [0.15, 0.2) is 5.76 Å². The molecule has 24 heavy (non-hydrogen) atoms. The maximum absolute atomic E-state index is 12.3. The highest BCUT2D eigenvalue weighted by molar-refractivity contribution is 6.31. The van der Waals surface area contributed by atoms with E-state index in [1.54, 1.807) is 37.5 Å². The molecule has 0 aliphatic heterocycles. The van der Waals surface area contributed by atoms with E-state index in [1.165, 1.54) is 4.68 Å². The van der Waals surface area contributed by atoms with Gasteiger partial charge < -0.3 is 9.42 Å². The van der Waals surface area contributed by atoms with Crippen LogP contribution in [0.15, 0.2) is 41.3 Å². The molecule has 124 valence electrons. The smallest absolute Gasteiger partial charge is 0.244 e. The summed E-state index contributed by atoms with van der Waals surface area (Å²) < 4.78 is 6.83. The maximum atomic E-state index is 12.3. The minimum absolute atomic E-state index is 0.101. The number of aromatic nitrogens is 4. The van der Waals surface area contributed by atoms with Crippen LogP contribution < -0.4 is 0 Å². The molecule has 0 N–H and O–H groups in total. The molecule has 0 fully saturated rings. The van der Waals surface area contributed by atoms with E-state index in [-0.39, 0.29) is 12.5 Å². The Labute approximate surface area is 143 Å². The topological polar surface area (TPSA) is 77.1 Å². The van der Waals surface area contributed by atoms with Crippen molar-refractivity contribution in [3.63, 3.8) is 0 Å². The molecule has 3 aromatic rings. The Hall–Kier alpha value is -2.67. The number of likely N-dealkylation sites (N-methyl/N-ethyl adjacent to an activating group) is 1. The Morgan fingerprint density at radius 3 is 2.79 bits per heavy atom. The minimum Gasteiger partial charge on any atom is -0.359 e. The van der Waals surface area contributed by atoms with E-state index in [4.69, 9.17) is 16.1 Å². The van der Waals surface area contributed by atoms with Crippen molar-refractivity contribution in [2.45, 2.75) is 20.0 Å². The molecule has 0 atom stereocenters. The minimum atomic E-state index is -0.101. The highest BCUT2D eigenvalue weighted by Gasteiger charge is 2.15. The van der Waals surface area contributed by atoms with E-state index in [0.29, 0.717) is 28.7 Å². The SMILES string of the molecule is Cc1nn(CC(=O)N(C)Cc2cc(-c3ccncc3)no2)cc1Cl. The number of hydrogen-bond donors (Lipinski definition) is 0. The van der Waals surface area contributed by atoms with E-state index in [1.807, 2.05) is 18.2 Å². The summed E-state index contributed by atoms with van der Waals surface area (Å²) >= 11 is 5.95. The molecule has 0 unspecified atom stereocenters. The third-order valence-electron chi connectivity index (χ3n) is 3.54. The highest BCUT2D eigenvalue weighted by Crippen LogP contribution is 2.19. The van der Waals surface area contributed by atoms with Crippen molar-refractivity contribution in [3.05, 3.63) is 53.3 Å². The monoisotopic (exact) mass is 345 g/mol. The molecule has 3 heterocycles. The van der Waals surface area contributed by atoms with Gasteiger partial charge in [0.1, 0.15) is 12.2 Å². The lowest BCUT2D eigenvalue weighted by molar-refractivity contribution is -0.131. The first-order valence-electron chi connectivity index (χ1n) is 7.32. The van der Waals surface area contributed by atoms with Crippen molar-refractivity contribution >= 4 is 17.5 Å². The largest absolute Gasteiger partial charge is 0.359 e. The van der Waals surface area contributed by atoms with Crippen molar-refractivity contribution in [2.24, 2.45) is 0 Å². The summed E-state index contributed by atoms with van der Waals surface area (Å²) in [6.07, 6.45) is 5.02. The molecular formula is C16H16ClN5O2. The van der Waals surface area contributed by atoms with Gasteiger partial charge in [-0.15, -0.1) is 0 Å². The van der Waals surface area contributed by atoms with Crippen LogP contribution in [0, 0.1) is 6.92 Å². The summed E-state index contributed by atoms with van der Waals surface area (Å²) in [6.45, 7) is 2.24. The number of rotatable bonds is 5. The Morgan fingerprint density at radius 1 is 1.38 bits per heavy atom. The number of aryl methyl sites for hydroxylation is 1. The van der Waals surface area contributed by atoms with Crippen LogP contribution in [0.1, 0.15) is 11.5 Å². The van der Waals surface area contributed by atoms with Crippen molar-refractivity contribution < 1.29 is 9.32 Å². The summed E-state index contributed by atoms with van der Waals surface area (Å²) in [5.74, 6) is 0.503. The van der Waals surface area contributed by atoms with E-state index >= 15 is 0 Å². The number of pyridine rings is 1. The highest BCUT2D eigenvalue weighted by atomic mass is 35.5. The van der Waals surface area contributed by atoms with Gasteiger partial charge in [0.05, 0.1) is 17.3 Å². The molecule has 0 saturated heterocycles. The number of hydrogen-bond acceptors (Lipinski definition) is 5. The van der Waals surface area contributed by atoms with Gasteiger partial charge in [0, 0.05) is 37.3 Å². The van der Waals surface area contributed by atoms with Crippen LogP contribution >= 0.6 is 11.6 Å². The van der Waals surface area contributed by atoms with Gasteiger partial charge in [-0.25, -0.2) is 0 Å². The van der Waals surface area contributed by atoms with Gasteiger partial charge in [0.2, 0.25) is 5.91 Å². The molecule has 8 heteroatoms. The van der Waals surface area contributed by atoms with Gasteiger partial charge in [0.25, 0.3) is 0 Å². The number of amides is 1. The number of carbonyl (C=O) groups excluding carboxylic acids is 1. The van der Waals surface area contributed by atoms with Gasteiger partial charge >= 0.3 is 0 Å². The predicted octanol–water partition coefficient (Wildman–Crippen LogP) is 2.55. The Bertz CT molecular complexity index is 824. The van der Waals surface area contributed by atoms with Crippen LogP contribution in [-0.2, 0) is 17.9 Å². The summed E-state index contributed by atoms with van der Waals surface area (Å²) in [5.41, 5.74) is 2.32. The first-order chi connectivity index (χ1) is 11.5. The van der Waals surface area contributed by atoms with E-state index < -0.39 is 0 Å². The number of carbonyl (C=O) groups is 1. The second-order valence-electron chi connectivity index (χ2n) is 5.42. The first-order valence-corrected chi connectivity index (χ1v) is 7.70. The van der Waals surface area contributed by atoms with Crippen LogP contribution in [0.5, 0.6) is 0 Å². The Balaban J connectivity index is 1.63. The third-order valence-corrected chi connectivity index (χ3v) is 3.91. The maximum Gasteiger partial charge on any atom is 0.244 e. The molecule has 0 spiro atoms. The van der Waals surface area contributed by atoms with Gasteiger partial charge in [-0.1, -0.05) is 16.8 Å². The standard InChI is InChI=1S/C16H16ClN5O2/c1-11-14(17)9-22(19-11)10-16(23)21(2)8-13-7-15(20-24-13)12-3-5-18-6-4-12/h3-7,9H,8,10H2,1-2H3. The normalized spacial score (nSPS) is 10.8. The van der Waals surface area contributed by atoms with Crippen LogP contribution in [0.3, 0.4) is 0 Å². The lowest BCUT2D eigenvalue weighted by Crippen LogP contribution is -2.29. The lowest BCUT2D eigenvalue weighted by Gasteiger charge is -2.15. The fourth-order valence-electron chi connectivity index (χ4n) is 2.20. The molecule has 3 aromatic heterocycles. The predicted molar refractivity (Wildman–Crippen MR) is 88.2 cm³/mol. The third kappa shape index (κ3) is 3.62. The molecule has 0 aliphatic carbocycles. The molecule has 7 nitrogen and oxygen atoms in total. The molecule has 0 bridgehead atoms. The van der Waals surface area contributed by atoms with Crippen molar-refractivity contribution in [1.29, 1.82) is 0 Å². The quantitative estimate of drug-likeness (QED) is 0.710. The van der Waals surface area contributed by atoms with Crippen LogP contribution in [-0.4, -0.2) is 37.8 Å². The van der Waals surface area contributed by atoms with E-state index in [9.17, 15) is 4.79 Å². The van der Waals surface area contributed by atoms with Crippen molar-refractivity contribution in [3.8, 4) is 11.3 Å². The molecule has 0 saturated carbocycles. The molecular weight excluding hydrogens is 330 g/mol. The number of nitrogens with zero attached hydrogens (tertiary/aromatic N) is 5. The van der Waals surface area contributed by atoms with Crippen LogP contribution in [0.25, 0.3) is 11.3 Å². The van der Waals surface area contributed by atoms with Crippen molar-refractivity contribution in [2.75, 3.05) is 7.05 Å². The molecule has 3 rings (SSSR count). The zero-order valence-corrected chi connectivity index (χ0v) is 14.1. The average molecular weight is 346 g/mol. The summed E-state index contributed by atoms with van der Waals surface area (Å²) in [6, 6.07) is 5.51. The first kappa shape index (κ1) is 16.2. The number of halogens is 1. The second-order valence-corrected chi connectivity index (χ2v) is 5.83. The Morgan fingerprint density at radius 2 is 2.12 bits per heavy atom. The fourth-order valence-corrected chi connectivity index (χ4v) is 2.35. The zero-order valence-electron chi connectivity index (χ0n) is 13.3.